The molecule has 6 heteroatoms. The molecule has 144 valence electrons. The summed E-state index contributed by atoms with van der Waals surface area (Å²) in [5.41, 5.74) is 4.13. The lowest BCUT2D eigenvalue weighted by Gasteiger charge is -2.11. The highest BCUT2D eigenvalue weighted by atomic mass is 32.2. The van der Waals surface area contributed by atoms with Gasteiger partial charge in [0.15, 0.2) is 6.61 Å². The Morgan fingerprint density at radius 3 is 2.44 bits per heavy atom. The molecule has 0 spiro atoms. The van der Waals surface area contributed by atoms with Crippen molar-refractivity contribution >= 4 is 29.3 Å². The molecule has 0 radical (unpaired) electrons. The van der Waals surface area contributed by atoms with Crippen molar-refractivity contribution in [1.82, 2.24) is 0 Å². The van der Waals surface area contributed by atoms with Crippen molar-refractivity contribution in [3.05, 3.63) is 53.1 Å². The Bertz CT molecular complexity index is 820. The van der Waals surface area contributed by atoms with Crippen molar-refractivity contribution in [3.8, 4) is 5.75 Å². The summed E-state index contributed by atoms with van der Waals surface area (Å²) in [6.45, 7) is 5.92. The zero-order valence-electron chi connectivity index (χ0n) is 16.1. The van der Waals surface area contributed by atoms with Crippen LogP contribution in [-0.2, 0) is 14.3 Å². The van der Waals surface area contributed by atoms with Crippen LogP contribution in [0, 0.1) is 20.8 Å². The van der Waals surface area contributed by atoms with Crippen LogP contribution in [0.25, 0.3) is 0 Å². The van der Waals surface area contributed by atoms with Gasteiger partial charge in [-0.2, -0.15) is 0 Å². The number of carbonyl (C=O) groups excluding carboxylic acids is 2. The van der Waals surface area contributed by atoms with Gasteiger partial charge >= 0.3 is 5.97 Å². The fourth-order valence-corrected chi connectivity index (χ4v) is 3.29. The molecule has 0 aromatic heterocycles. The van der Waals surface area contributed by atoms with Gasteiger partial charge in [0.2, 0.25) is 5.91 Å². The fourth-order valence-electron chi connectivity index (χ4n) is 2.35. The van der Waals surface area contributed by atoms with E-state index in [4.69, 9.17) is 4.74 Å². The SMILES string of the molecule is COC(=O)COc1ccc(NC(=O)CCSc2ccc(C)c(C)c2)c(C)c1. The minimum atomic E-state index is -0.439. The van der Waals surface area contributed by atoms with Crippen molar-refractivity contribution in [2.45, 2.75) is 32.1 Å². The minimum Gasteiger partial charge on any atom is -0.482 e. The molecule has 0 unspecified atom stereocenters. The van der Waals surface area contributed by atoms with Crippen LogP contribution in [-0.4, -0.2) is 31.3 Å². The molecule has 2 aromatic rings. The molecule has 0 heterocycles. The smallest absolute Gasteiger partial charge is 0.343 e. The van der Waals surface area contributed by atoms with Crippen molar-refractivity contribution in [3.63, 3.8) is 0 Å². The predicted molar refractivity (Wildman–Crippen MR) is 109 cm³/mol. The van der Waals surface area contributed by atoms with Crippen LogP contribution in [0.2, 0.25) is 0 Å². The van der Waals surface area contributed by atoms with Gasteiger partial charge in [-0.15, -0.1) is 11.8 Å². The zero-order chi connectivity index (χ0) is 19.8. The number of hydrogen-bond acceptors (Lipinski definition) is 5. The van der Waals surface area contributed by atoms with Gasteiger partial charge in [0.1, 0.15) is 5.75 Å². The number of carbonyl (C=O) groups is 2. The van der Waals surface area contributed by atoms with E-state index < -0.39 is 5.97 Å². The Labute approximate surface area is 164 Å². The summed E-state index contributed by atoms with van der Waals surface area (Å²) >= 11 is 1.68. The molecule has 0 saturated carbocycles. The largest absolute Gasteiger partial charge is 0.482 e. The highest BCUT2D eigenvalue weighted by molar-refractivity contribution is 7.99. The van der Waals surface area contributed by atoms with E-state index in [1.165, 1.54) is 23.1 Å². The summed E-state index contributed by atoms with van der Waals surface area (Å²) in [5, 5.41) is 2.92. The normalized spacial score (nSPS) is 10.4. The summed E-state index contributed by atoms with van der Waals surface area (Å²) < 4.78 is 9.88. The summed E-state index contributed by atoms with van der Waals surface area (Å²) in [7, 11) is 1.31. The van der Waals surface area contributed by atoms with Crippen molar-refractivity contribution in [2.75, 3.05) is 24.8 Å². The third-order valence-corrected chi connectivity index (χ3v) is 5.13. The maximum absolute atomic E-state index is 12.2. The average molecular weight is 388 g/mol. The molecule has 0 aliphatic carbocycles. The molecular formula is C21H25NO4S. The van der Waals surface area contributed by atoms with E-state index in [9.17, 15) is 9.59 Å². The maximum Gasteiger partial charge on any atom is 0.343 e. The van der Waals surface area contributed by atoms with Crippen molar-refractivity contribution in [1.29, 1.82) is 0 Å². The summed E-state index contributed by atoms with van der Waals surface area (Å²) in [6.07, 6.45) is 0.428. The summed E-state index contributed by atoms with van der Waals surface area (Å²) in [6, 6.07) is 11.6. The van der Waals surface area contributed by atoms with E-state index in [1.807, 2.05) is 6.92 Å². The van der Waals surface area contributed by atoms with Crippen LogP contribution < -0.4 is 10.1 Å². The number of methoxy groups -OCH3 is 1. The Hall–Kier alpha value is -2.47. The van der Waals surface area contributed by atoms with Gasteiger partial charge in [0, 0.05) is 22.8 Å². The maximum atomic E-state index is 12.2. The van der Waals surface area contributed by atoms with Crippen LogP contribution in [0.15, 0.2) is 41.3 Å². The van der Waals surface area contributed by atoms with E-state index in [-0.39, 0.29) is 12.5 Å². The topological polar surface area (TPSA) is 64.6 Å². The number of aryl methyl sites for hydroxylation is 3. The van der Waals surface area contributed by atoms with Gasteiger partial charge in [0.05, 0.1) is 7.11 Å². The molecule has 0 fully saturated rings. The molecule has 2 rings (SSSR count). The molecule has 0 atom stereocenters. The number of benzene rings is 2. The Balaban J connectivity index is 1.82. The van der Waals surface area contributed by atoms with Gasteiger partial charge < -0.3 is 14.8 Å². The number of thioether (sulfide) groups is 1. The predicted octanol–water partition coefficient (Wildman–Crippen LogP) is 4.28. The number of hydrogen-bond donors (Lipinski definition) is 1. The van der Waals surface area contributed by atoms with Crippen LogP contribution >= 0.6 is 11.8 Å². The summed E-state index contributed by atoms with van der Waals surface area (Å²) in [5.74, 6) is 0.804. The Morgan fingerprint density at radius 1 is 1.00 bits per heavy atom. The van der Waals surface area contributed by atoms with E-state index in [0.717, 1.165) is 11.3 Å². The van der Waals surface area contributed by atoms with Crippen LogP contribution in [0.5, 0.6) is 5.75 Å². The molecule has 5 nitrogen and oxygen atoms in total. The zero-order valence-corrected chi connectivity index (χ0v) is 16.9. The number of esters is 1. The second kappa shape index (κ2) is 10.0. The second-order valence-corrected chi connectivity index (χ2v) is 7.40. The quantitative estimate of drug-likeness (QED) is 0.541. The van der Waals surface area contributed by atoms with Gasteiger partial charge in [-0.1, -0.05) is 6.07 Å². The highest BCUT2D eigenvalue weighted by Gasteiger charge is 2.08. The molecule has 1 N–H and O–H groups in total. The lowest BCUT2D eigenvalue weighted by molar-refractivity contribution is -0.142. The van der Waals surface area contributed by atoms with Gasteiger partial charge in [-0.25, -0.2) is 4.79 Å². The standard InChI is InChI=1S/C21H25NO4S/c1-14-5-7-18(12-15(14)2)27-10-9-20(23)22-19-8-6-17(11-16(19)3)26-13-21(24)25-4/h5-8,11-12H,9-10,13H2,1-4H3,(H,22,23). The first-order valence-electron chi connectivity index (χ1n) is 8.69. The first kappa shape index (κ1) is 20.8. The number of nitrogens with one attached hydrogen (secondary N) is 1. The van der Waals surface area contributed by atoms with E-state index in [0.29, 0.717) is 17.9 Å². The van der Waals surface area contributed by atoms with Gasteiger partial charge in [-0.3, -0.25) is 4.79 Å². The lowest BCUT2D eigenvalue weighted by atomic mass is 10.1. The first-order chi connectivity index (χ1) is 12.9. The lowest BCUT2D eigenvalue weighted by Crippen LogP contribution is -2.14. The second-order valence-electron chi connectivity index (χ2n) is 6.23. The number of amides is 1. The van der Waals surface area contributed by atoms with Gasteiger partial charge in [0.25, 0.3) is 0 Å². The first-order valence-corrected chi connectivity index (χ1v) is 9.67. The summed E-state index contributed by atoms with van der Waals surface area (Å²) in [4.78, 5) is 24.5. The monoisotopic (exact) mass is 387 g/mol. The Kier molecular flexibility index (Phi) is 7.73. The minimum absolute atomic E-state index is 0.0299. The molecule has 0 aliphatic heterocycles. The van der Waals surface area contributed by atoms with Crippen molar-refractivity contribution < 1.29 is 19.1 Å². The van der Waals surface area contributed by atoms with E-state index >= 15 is 0 Å². The van der Waals surface area contributed by atoms with E-state index in [2.05, 4.69) is 42.1 Å². The molecular weight excluding hydrogens is 362 g/mol. The molecule has 2 aromatic carbocycles. The number of anilines is 1. The van der Waals surface area contributed by atoms with Crippen LogP contribution in [0.1, 0.15) is 23.1 Å². The molecule has 0 bridgehead atoms. The molecule has 27 heavy (non-hydrogen) atoms. The van der Waals surface area contributed by atoms with Crippen molar-refractivity contribution in [2.24, 2.45) is 0 Å². The molecule has 1 amide bonds. The average Bonchev–Trinajstić information content (AvgIpc) is 2.64. The van der Waals surface area contributed by atoms with Gasteiger partial charge in [-0.05, 0) is 67.8 Å². The number of ether oxygens (including phenoxy) is 2. The van der Waals surface area contributed by atoms with E-state index in [1.54, 1.807) is 30.0 Å². The Morgan fingerprint density at radius 2 is 1.78 bits per heavy atom. The van der Waals surface area contributed by atoms with Crippen LogP contribution in [0.4, 0.5) is 5.69 Å². The number of rotatable bonds is 8. The molecule has 0 saturated heterocycles. The third-order valence-electron chi connectivity index (χ3n) is 4.13. The van der Waals surface area contributed by atoms with Crippen LogP contribution in [0.3, 0.4) is 0 Å². The highest BCUT2D eigenvalue weighted by Crippen LogP contribution is 2.23. The fraction of sp³-hybridized carbons (Fsp3) is 0.333. The molecule has 0 aliphatic rings. The third kappa shape index (κ3) is 6.64.